The molecule has 16 heavy (non-hydrogen) atoms. The minimum atomic E-state index is 0.227. The third kappa shape index (κ3) is 3.20. The molecular weight excluding hydrogens is 198 g/mol. The van der Waals surface area contributed by atoms with E-state index in [1.165, 1.54) is 0 Å². The largest absolute Gasteiger partial charge is 0.299 e. The molecule has 1 heterocycles. The molecule has 92 valence electrons. The van der Waals surface area contributed by atoms with Gasteiger partial charge in [-0.15, -0.1) is 0 Å². The van der Waals surface area contributed by atoms with Crippen LogP contribution in [0, 0.1) is 17.2 Å². The maximum atomic E-state index is 8.84. The van der Waals surface area contributed by atoms with Crippen molar-refractivity contribution in [2.24, 2.45) is 5.92 Å². The van der Waals surface area contributed by atoms with Crippen LogP contribution in [-0.2, 0) is 0 Å². The van der Waals surface area contributed by atoms with E-state index in [1.807, 2.05) is 0 Å². The Labute approximate surface area is 100 Å². The van der Waals surface area contributed by atoms with E-state index in [1.54, 1.807) is 0 Å². The van der Waals surface area contributed by atoms with Gasteiger partial charge in [0, 0.05) is 31.2 Å². The second-order valence-electron chi connectivity index (χ2n) is 6.04. The van der Waals surface area contributed by atoms with Crippen LogP contribution in [0.15, 0.2) is 0 Å². The highest BCUT2D eigenvalue weighted by Crippen LogP contribution is 2.25. The molecule has 1 fully saturated rings. The molecule has 3 heteroatoms. The molecule has 1 unspecified atom stereocenters. The number of piperazine rings is 1. The molecule has 1 saturated heterocycles. The van der Waals surface area contributed by atoms with Crippen molar-refractivity contribution in [3.8, 4) is 6.07 Å². The molecule has 1 aliphatic heterocycles. The molecule has 1 rings (SSSR count). The number of rotatable bonds is 3. The monoisotopic (exact) mass is 223 g/mol. The van der Waals surface area contributed by atoms with Gasteiger partial charge in [-0.1, -0.05) is 13.8 Å². The van der Waals surface area contributed by atoms with E-state index in [2.05, 4.69) is 50.6 Å². The average molecular weight is 223 g/mol. The smallest absolute Gasteiger partial charge is 0.0638 e. The van der Waals surface area contributed by atoms with Gasteiger partial charge in [-0.05, 0) is 26.8 Å². The zero-order valence-electron chi connectivity index (χ0n) is 11.3. The third-order valence-corrected chi connectivity index (χ3v) is 3.46. The van der Waals surface area contributed by atoms with Crippen molar-refractivity contribution in [2.75, 3.05) is 26.7 Å². The highest BCUT2D eigenvalue weighted by molar-refractivity contribution is 4.96. The Balaban J connectivity index is 2.70. The molecule has 0 spiro atoms. The van der Waals surface area contributed by atoms with Crippen LogP contribution in [0.4, 0.5) is 0 Å². The van der Waals surface area contributed by atoms with Crippen molar-refractivity contribution < 1.29 is 0 Å². The van der Waals surface area contributed by atoms with Crippen LogP contribution < -0.4 is 0 Å². The summed E-state index contributed by atoms with van der Waals surface area (Å²) in [6.45, 7) is 12.3. The fraction of sp³-hybridized carbons (Fsp3) is 0.923. The topological polar surface area (TPSA) is 30.3 Å². The van der Waals surface area contributed by atoms with Crippen molar-refractivity contribution in [1.82, 2.24) is 9.80 Å². The Kier molecular flexibility index (Phi) is 4.35. The average Bonchev–Trinajstić information content (AvgIpc) is 2.12. The first-order valence-corrected chi connectivity index (χ1v) is 6.19. The van der Waals surface area contributed by atoms with E-state index in [0.717, 1.165) is 19.6 Å². The second-order valence-corrected chi connectivity index (χ2v) is 6.04. The van der Waals surface area contributed by atoms with Crippen LogP contribution in [0.1, 0.15) is 34.1 Å². The summed E-state index contributed by atoms with van der Waals surface area (Å²) in [5.74, 6) is 0.686. The highest BCUT2D eigenvalue weighted by Gasteiger charge is 2.37. The Hall–Kier alpha value is -0.590. The van der Waals surface area contributed by atoms with Gasteiger partial charge in [-0.2, -0.15) is 5.26 Å². The molecule has 3 nitrogen and oxygen atoms in total. The molecule has 0 amide bonds. The van der Waals surface area contributed by atoms with Crippen molar-refractivity contribution in [3.05, 3.63) is 0 Å². The maximum Gasteiger partial charge on any atom is 0.0638 e. The lowest BCUT2D eigenvalue weighted by molar-refractivity contribution is -0.00996. The molecule has 1 aliphatic rings. The number of likely N-dealkylation sites (N-methyl/N-ethyl adjacent to an activating group) is 1. The Bertz CT molecular complexity index is 265. The van der Waals surface area contributed by atoms with E-state index in [0.29, 0.717) is 18.4 Å². The van der Waals surface area contributed by atoms with E-state index in [-0.39, 0.29) is 5.54 Å². The molecule has 0 radical (unpaired) electrons. The van der Waals surface area contributed by atoms with E-state index in [4.69, 9.17) is 5.26 Å². The predicted molar refractivity (Wildman–Crippen MR) is 67.1 cm³/mol. The van der Waals surface area contributed by atoms with Gasteiger partial charge in [0.05, 0.1) is 12.5 Å². The van der Waals surface area contributed by atoms with Gasteiger partial charge in [-0.25, -0.2) is 0 Å². The Morgan fingerprint density at radius 2 is 2.06 bits per heavy atom. The zero-order chi connectivity index (χ0) is 12.3. The third-order valence-electron chi connectivity index (χ3n) is 3.46. The first kappa shape index (κ1) is 13.5. The lowest BCUT2D eigenvalue weighted by Crippen LogP contribution is -2.62. The number of hydrogen-bond acceptors (Lipinski definition) is 3. The molecule has 1 atom stereocenters. The van der Waals surface area contributed by atoms with Gasteiger partial charge in [-0.3, -0.25) is 9.80 Å². The minimum Gasteiger partial charge on any atom is -0.299 e. The summed E-state index contributed by atoms with van der Waals surface area (Å²) in [6.07, 6.45) is 0.640. The summed E-state index contributed by atoms with van der Waals surface area (Å²) in [7, 11) is 2.14. The van der Waals surface area contributed by atoms with Crippen LogP contribution in [0.3, 0.4) is 0 Å². The fourth-order valence-electron chi connectivity index (χ4n) is 2.57. The van der Waals surface area contributed by atoms with Gasteiger partial charge >= 0.3 is 0 Å². The molecular formula is C13H25N3. The summed E-state index contributed by atoms with van der Waals surface area (Å²) < 4.78 is 0. The molecule has 0 aromatic rings. The first-order valence-electron chi connectivity index (χ1n) is 6.19. The molecule has 0 aromatic heterocycles. The molecule has 0 aromatic carbocycles. The first-order chi connectivity index (χ1) is 7.36. The van der Waals surface area contributed by atoms with Crippen LogP contribution in [0.2, 0.25) is 0 Å². The van der Waals surface area contributed by atoms with Crippen molar-refractivity contribution in [1.29, 1.82) is 5.26 Å². The molecule has 0 bridgehead atoms. The van der Waals surface area contributed by atoms with Crippen molar-refractivity contribution in [3.63, 3.8) is 0 Å². The van der Waals surface area contributed by atoms with Gasteiger partial charge in [0.1, 0.15) is 0 Å². The van der Waals surface area contributed by atoms with Crippen molar-refractivity contribution >= 4 is 0 Å². The summed E-state index contributed by atoms with van der Waals surface area (Å²) >= 11 is 0. The van der Waals surface area contributed by atoms with E-state index >= 15 is 0 Å². The maximum absolute atomic E-state index is 8.84. The van der Waals surface area contributed by atoms with Gasteiger partial charge in [0.15, 0.2) is 0 Å². The fourth-order valence-corrected chi connectivity index (χ4v) is 2.57. The van der Waals surface area contributed by atoms with Crippen LogP contribution in [0.5, 0.6) is 0 Å². The van der Waals surface area contributed by atoms with Crippen LogP contribution in [0.25, 0.3) is 0 Å². The summed E-state index contributed by atoms with van der Waals surface area (Å²) in [5.41, 5.74) is 0.227. The standard InChI is InChI=1S/C13H25N3/c1-11(2)8-16-9-12(6-7-14)15(5)10-13(16,3)4/h11-12H,6,8-10H2,1-5H3. The Morgan fingerprint density at radius 3 is 2.56 bits per heavy atom. The number of nitrogens with zero attached hydrogens (tertiary/aromatic N) is 3. The van der Waals surface area contributed by atoms with Crippen LogP contribution in [-0.4, -0.2) is 48.1 Å². The van der Waals surface area contributed by atoms with E-state index in [9.17, 15) is 0 Å². The predicted octanol–water partition coefficient (Wildman–Crippen LogP) is 1.95. The summed E-state index contributed by atoms with van der Waals surface area (Å²) in [6, 6.07) is 2.70. The van der Waals surface area contributed by atoms with E-state index < -0.39 is 0 Å². The minimum absolute atomic E-state index is 0.227. The molecule has 0 aliphatic carbocycles. The normalized spacial score (nSPS) is 26.9. The lowest BCUT2D eigenvalue weighted by atomic mass is 9.93. The Morgan fingerprint density at radius 1 is 1.44 bits per heavy atom. The van der Waals surface area contributed by atoms with Crippen molar-refractivity contribution in [2.45, 2.75) is 45.7 Å². The zero-order valence-corrected chi connectivity index (χ0v) is 11.3. The second kappa shape index (κ2) is 5.16. The summed E-state index contributed by atoms with van der Waals surface area (Å²) in [5, 5.41) is 8.84. The molecule has 0 saturated carbocycles. The number of nitriles is 1. The SMILES string of the molecule is CC(C)CN1CC(CC#N)N(C)CC1(C)C. The van der Waals surface area contributed by atoms with Gasteiger partial charge < -0.3 is 0 Å². The lowest BCUT2D eigenvalue weighted by Gasteiger charge is -2.50. The quantitative estimate of drug-likeness (QED) is 0.732. The van der Waals surface area contributed by atoms with Gasteiger partial charge in [0.2, 0.25) is 0 Å². The van der Waals surface area contributed by atoms with Gasteiger partial charge in [0.25, 0.3) is 0 Å². The summed E-state index contributed by atoms with van der Waals surface area (Å²) in [4.78, 5) is 4.87. The molecule has 0 N–H and O–H groups in total. The number of hydrogen-bond donors (Lipinski definition) is 0. The highest BCUT2D eigenvalue weighted by atomic mass is 15.3. The van der Waals surface area contributed by atoms with Crippen LogP contribution >= 0.6 is 0 Å².